The zero-order valence-corrected chi connectivity index (χ0v) is 20.7. The van der Waals surface area contributed by atoms with Gasteiger partial charge in [0.15, 0.2) is 0 Å². The van der Waals surface area contributed by atoms with Crippen molar-refractivity contribution in [2.75, 3.05) is 20.1 Å². The Hall–Kier alpha value is -3.96. The van der Waals surface area contributed by atoms with Crippen molar-refractivity contribution in [2.24, 2.45) is 5.92 Å². The molecular weight excluding hydrogens is 526 g/mol. The van der Waals surface area contributed by atoms with Crippen LogP contribution in [-0.2, 0) is 23.7 Å². The lowest BCUT2D eigenvalue weighted by Crippen LogP contribution is -2.47. The number of alkyl halides is 6. The first-order chi connectivity index (χ1) is 18.3. The molecule has 2 unspecified atom stereocenters. The number of carbonyl (C=O) groups excluding carboxylic acids is 2. The predicted molar refractivity (Wildman–Crippen MR) is 128 cm³/mol. The summed E-state index contributed by atoms with van der Waals surface area (Å²) >= 11 is 0. The van der Waals surface area contributed by atoms with Crippen LogP contribution < -0.4 is 0 Å². The van der Waals surface area contributed by atoms with Gasteiger partial charge in [-0.2, -0.15) is 26.3 Å². The van der Waals surface area contributed by atoms with Crippen molar-refractivity contribution >= 4 is 11.8 Å². The number of aromatic nitrogens is 2. The number of amides is 2. The van der Waals surface area contributed by atoms with Gasteiger partial charge in [0.2, 0.25) is 5.91 Å². The van der Waals surface area contributed by atoms with Crippen LogP contribution in [0.4, 0.5) is 26.3 Å². The molecule has 0 saturated carbocycles. The van der Waals surface area contributed by atoms with Crippen LogP contribution in [0.3, 0.4) is 0 Å². The highest BCUT2D eigenvalue weighted by atomic mass is 19.4. The Labute approximate surface area is 220 Å². The second-order valence-electron chi connectivity index (χ2n) is 9.36. The van der Waals surface area contributed by atoms with Gasteiger partial charge in [-0.15, -0.1) is 0 Å². The fraction of sp³-hybridized carbons (Fsp3) is 0.333. The number of likely N-dealkylation sites (tertiary alicyclic amines) is 1. The minimum atomic E-state index is -4.99. The van der Waals surface area contributed by atoms with E-state index >= 15 is 0 Å². The Morgan fingerprint density at radius 3 is 2.18 bits per heavy atom. The number of hydrogen-bond acceptors (Lipinski definition) is 4. The number of carbonyl (C=O) groups is 2. The summed E-state index contributed by atoms with van der Waals surface area (Å²) in [7, 11) is 1.34. The molecule has 0 N–H and O–H groups in total. The normalized spacial score (nSPS) is 18.1. The third kappa shape index (κ3) is 6.55. The quantitative estimate of drug-likeness (QED) is 0.398. The fourth-order valence-corrected chi connectivity index (χ4v) is 4.79. The molecule has 206 valence electrons. The summed E-state index contributed by atoms with van der Waals surface area (Å²) in [5, 5.41) is 0. The van der Waals surface area contributed by atoms with Crippen molar-refractivity contribution in [3.63, 3.8) is 0 Å². The molecule has 0 bridgehead atoms. The maximum atomic E-state index is 13.6. The van der Waals surface area contributed by atoms with E-state index in [0.717, 1.165) is 10.5 Å². The van der Waals surface area contributed by atoms with Gasteiger partial charge in [0.25, 0.3) is 5.91 Å². The van der Waals surface area contributed by atoms with Crippen LogP contribution in [0.25, 0.3) is 0 Å². The first-order valence-electron chi connectivity index (χ1n) is 12.0. The standard InChI is InChI=1S/C27H24F6N4O2/c1-36(15-17-11-19(26(28,29)30)13-20(12-17)27(31,32)33)24(38)21-7-10-37(25(39)23-14-34-8-9-35-23)16-22(21)18-5-3-2-4-6-18/h2-6,8-9,11-14,21-22H,7,10,15-16H2,1H3. The zero-order chi connectivity index (χ0) is 28.4. The Morgan fingerprint density at radius 1 is 0.974 bits per heavy atom. The molecule has 0 spiro atoms. The zero-order valence-electron chi connectivity index (χ0n) is 20.7. The van der Waals surface area contributed by atoms with Crippen LogP contribution in [0, 0.1) is 5.92 Å². The number of nitrogens with zero attached hydrogens (tertiary/aromatic N) is 4. The van der Waals surface area contributed by atoms with E-state index in [1.54, 1.807) is 23.1 Å². The van der Waals surface area contributed by atoms with E-state index in [1.807, 2.05) is 12.1 Å². The van der Waals surface area contributed by atoms with Crippen molar-refractivity contribution in [1.29, 1.82) is 0 Å². The van der Waals surface area contributed by atoms with Gasteiger partial charge in [-0.3, -0.25) is 14.6 Å². The fourth-order valence-electron chi connectivity index (χ4n) is 4.79. The van der Waals surface area contributed by atoms with Crippen molar-refractivity contribution in [2.45, 2.75) is 31.2 Å². The molecule has 1 fully saturated rings. The highest BCUT2D eigenvalue weighted by Crippen LogP contribution is 2.38. The average molecular weight is 551 g/mol. The topological polar surface area (TPSA) is 66.4 Å². The number of hydrogen-bond donors (Lipinski definition) is 0. The first-order valence-corrected chi connectivity index (χ1v) is 12.0. The van der Waals surface area contributed by atoms with Gasteiger partial charge in [-0.1, -0.05) is 30.3 Å². The Balaban J connectivity index is 1.58. The predicted octanol–water partition coefficient (Wildman–Crippen LogP) is 5.42. The molecule has 4 rings (SSSR count). The van der Waals surface area contributed by atoms with Gasteiger partial charge < -0.3 is 9.80 Å². The molecule has 2 atom stereocenters. The number of halogens is 6. The lowest BCUT2D eigenvalue weighted by atomic mass is 9.79. The molecule has 2 aromatic carbocycles. The average Bonchev–Trinajstić information content (AvgIpc) is 2.91. The van der Waals surface area contributed by atoms with Gasteiger partial charge in [0.05, 0.1) is 17.3 Å². The summed E-state index contributed by atoms with van der Waals surface area (Å²) in [6.07, 6.45) is -5.56. The molecule has 12 heteroatoms. The van der Waals surface area contributed by atoms with Gasteiger partial charge in [-0.25, -0.2) is 4.98 Å². The number of piperidine rings is 1. The van der Waals surface area contributed by atoms with Gasteiger partial charge in [0, 0.05) is 50.9 Å². The van der Waals surface area contributed by atoms with Crippen molar-refractivity contribution in [1.82, 2.24) is 19.8 Å². The highest BCUT2D eigenvalue weighted by molar-refractivity contribution is 5.92. The summed E-state index contributed by atoms with van der Waals surface area (Å²) < 4.78 is 79.8. The van der Waals surface area contributed by atoms with Crippen LogP contribution in [0.15, 0.2) is 67.1 Å². The van der Waals surface area contributed by atoms with E-state index in [9.17, 15) is 35.9 Å². The molecule has 39 heavy (non-hydrogen) atoms. The second-order valence-corrected chi connectivity index (χ2v) is 9.36. The molecule has 1 aromatic heterocycles. The van der Waals surface area contributed by atoms with E-state index < -0.39 is 47.8 Å². The second kappa shape index (κ2) is 11.0. The van der Waals surface area contributed by atoms with Gasteiger partial charge >= 0.3 is 12.4 Å². The third-order valence-corrected chi connectivity index (χ3v) is 6.67. The summed E-state index contributed by atoms with van der Waals surface area (Å²) in [6, 6.07) is 10.3. The monoisotopic (exact) mass is 550 g/mol. The van der Waals surface area contributed by atoms with Crippen LogP contribution >= 0.6 is 0 Å². The molecule has 2 amide bonds. The summed E-state index contributed by atoms with van der Waals surface area (Å²) in [5.41, 5.74) is -2.24. The molecular formula is C27H24F6N4O2. The smallest absolute Gasteiger partial charge is 0.341 e. The van der Waals surface area contributed by atoms with Crippen LogP contribution in [0.2, 0.25) is 0 Å². The van der Waals surface area contributed by atoms with Crippen molar-refractivity contribution in [3.8, 4) is 0 Å². The Bertz CT molecular complexity index is 1280. The summed E-state index contributed by atoms with van der Waals surface area (Å²) in [4.78, 5) is 37.2. The molecule has 6 nitrogen and oxygen atoms in total. The van der Waals surface area contributed by atoms with Crippen LogP contribution in [-0.4, -0.2) is 51.7 Å². The van der Waals surface area contributed by atoms with E-state index in [-0.39, 0.29) is 42.7 Å². The van der Waals surface area contributed by atoms with Crippen molar-refractivity contribution in [3.05, 3.63) is 95.1 Å². The van der Waals surface area contributed by atoms with Gasteiger partial charge in [0.1, 0.15) is 5.69 Å². The lowest BCUT2D eigenvalue weighted by molar-refractivity contribution is -0.143. The van der Waals surface area contributed by atoms with Crippen LogP contribution in [0.5, 0.6) is 0 Å². The van der Waals surface area contributed by atoms with E-state index in [4.69, 9.17) is 0 Å². The molecule has 1 saturated heterocycles. The van der Waals surface area contributed by atoms with E-state index in [2.05, 4.69) is 9.97 Å². The molecule has 1 aliphatic rings. The minimum Gasteiger partial charge on any atom is -0.341 e. The molecule has 0 aliphatic carbocycles. The van der Waals surface area contributed by atoms with E-state index in [0.29, 0.717) is 12.1 Å². The SMILES string of the molecule is CN(Cc1cc(C(F)(F)F)cc(C(F)(F)F)c1)C(=O)C1CCN(C(=O)c2cnccn2)CC1c1ccccc1. The third-order valence-electron chi connectivity index (χ3n) is 6.67. The minimum absolute atomic E-state index is 0.0562. The molecule has 2 heterocycles. The first kappa shape index (κ1) is 28.1. The maximum Gasteiger partial charge on any atom is 0.416 e. The molecule has 1 aliphatic heterocycles. The highest BCUT2D eigenvalue weighted by Gasteiger charge is 2.40. The number of benzene rings is 2. The molecule has 3 aromatic rings. The Kier molecular flexibility index (Phi) is 7.94. The maximum absolute atomic E-state index is 13.6. The Morgan fingerprint density at radius 2 is 1.62 bits per heavy atom. The van der Waals surface area contributed by atoms with Crippen LogP contribution in [0.1, 0.15) is 45.1 Å². The molecule has 0 radical (unpaired) electrons. The summed E-state index contributed by atoms with van der Waals surface area (Å²) in [6.45, 7) is -0.0672. The van der Waals surface area contributed by atoms with Crippen molar-refractivity contribution < 1.29 is 35.9 Å². The summed E-state index contributed by atoms with van der Waals surface area (Å²) in [5.74, 6) is -1.91. The van der Waals surface area contributed by atoms with E-state index in [1.165, 1.54) is 25.6 Å². The lowest BCUT2D eigenvalue weighted by Gasteiger charge is -2.39. The number of rotatable bonds is 5. The largest absolute Gasteiger partial charge is 0.416 e. The van der Waals surface area contributed by atoms with Gasteiger partial charge in [-0.05, 0) is 35.7 Å².